The zero-order chi connectivity index (χ0) is 31.3. The Morgan fingerprint density at radius 3 is 2.66 bits per heavy atom. The van der Waals surface area contributed by atoms with Crippen LogP contribution in [0.3, 0.4) is 0 Å². The molecule has 1 fully saturated rings. The highest BCUT2D eigenvalue weighted by Crippen LogP contribution is 2.46. The zero-order valence-corrected chi connectivity index (χ0v) is 26.2. The van der Waals surface area contributed by atoms with Gasteiger partial charge in [-0.2, -0.15) is 0 Å². The second-order valence-electron chi connectivity index (χ2n) is 11.6. The maximum atomic E-state index is 13.2. The smallest absolute Gasteiger partial charge is 0.309 e. The molecule has 1 aliphatic heterocycles. The summed E-state index contributed by atoms with van der Waals surface area (Å²) in [6.45, 7) is 10.3. The molecule has 1 aromatic heterocycles. The third kappa shape index (κ3) is 6.83. The van der Waals surface area contributed by atoms with Crippen molar-refractivity contribution in [3.05, 3.63) is 95.8 Å². The minimum atomic E-state index is -0.740. The first-order valence-corrected chi connectivity index (χ1v) is 15.1. The number of carbonyl (C=O) groups is 1. The lowest BCUT2D eigenvalue weighted by molar-refractivity contribution is -0.149. The van der Waals surface area contributed by atoms with Crippen molar-refractivity contribution < 1.29 is 28.5 Å². The largest absolute Gasteiger partial charge is 0.496 e. The summed E-state index contributed by atoms with van der Waals surface area (Å²) in [6, 6.07) is 9.51. The fourth-order valence-electron chi connectivity index (χ4n) is 5.43. The molecule has 1 unspecified atom stereocenters. The Bertz CT molecular complexity index is 1630. The highest BCUT2D eigenvalue weighted by atomic mass is 16.5. The molecule has 44 heavy (non-hydrogen) atoms. The van der Waals surface area contributed by atoms with Crippen LogP contribution in [0, 0.1) is 5.92 Å². The van der Waals surface area contributed by atoms with Gasteiger partial charge in [0.15, 0.2) is 17.6 Å². The van der Waals surface area contributed by atoms with Crippen LogP contribution in [0.25, 0.3) is 17.0 Å². The summed E-state index contributed by atoms with van der Waals surface area (Å²) in [4.78, 5) is 17.8. The molecule has 7 nitrogen and oxygen atoms in total. The van der Waals surface area contributed by atoms with Gasteiger partial charge in [-0.1, -0.05) is 30.9 Å². The normalized spacial score (nSPS) is 16.2. The van der Waals surface area contributed by atoms with Crippen molar-refractivity contribution in [1.82, 2.24) is 4.98 Å². The highest BCUT2D eigenvalue weighted by molar-refractivity contribution is 5.87. The van der Waals surface area contributed by atoms with Crippen molar-refractivity contribution in [3.8, 4) is 23.0 Å². The summed E-state index contributed by atoms with van der Waals surface area (Å²) in [7, 11) is 3.24. The maximum absolute atomic E-state index is 13.2. The summed E-state index contributed by atoms with van der Waals surface area (Å²) in [6.07, 6.45) is 16.3. The van der Waals surface area contributed by atoms with E-state index in [0.717, 1.165) is 47.8 Å². The Balaban J connectivity index is 1.52. The van der Waals surface area contributed by atoms with E-state index in [1.54, 1.807) is 26.5 Å². The van der Waals surface area contributed by atoms with Gasteiger partial charge >= 0.3 is 5.97 Å². The van der Waals surface area contributed by atoms with Crippen molar-refractivity contribution in [1.29, 1.82) is 0 Å². The summed E-state index contributed by atoms with van der Waals surface area (Å²) < 4.78 is 30.4. The number of nitrogens with zero attached hydrogens (tertiary/aromatic N) is 1. The lowest BCUT2D eigenvalue weighted by atomic mass is 9.93. The number of esters is 1. The number of ether oxygens (including phenoxy) is 5. The lowest BCUT2D eigenvalue weighted by Gasteiger charge is -2.30. The van der Waals surface area contributed by atoms with Gasteiger partial charge < -0.3 is 23.7 Å². The number of methoxy groups -OCH3 is 2. The summed E-state index contributed by atoms with van der Waals surface area (Å²) in [5, 5.41) is 0.794. The molecule has 0 bridgehead atoms. The van der Waals surface area contributed by atoms with E-state index in [-0.39, 0.29) is 11.9 Å². The molecule has 2 aromatic carbocycles. The van der Waals surface area contributed by atoms with Gasteiger partial charge in [0.1, 0.15) is 17.1 Å². The van der Waals surface area contributed by atoms with Crippen molar-refractivity contribution in [2.45, 2.75) is 58.2 Å². The molecule has 5 rings (SSSR count). The fourth-order valence-corrected chi connectivity index (χ4v) is 5.43. The molecular formula is C37H41NO6. The van der Waals surface area contributed by atoms with Crippen LogP contribution in [0.1, 0.15) is 69.2 Å². The number of hydrogen-bond acceptors (Lipinski definition) is 7. The SMILES string of the molecule is C=C/C=C(\C=C/C)CCCOc1cc2nccc(C(OC(=O)C3CC3)c3ccc4c(c3OC)C=CC(C)(C)O4)c2cc1OC. The molecule has 1 atom stereocenters. The van der Waals surface area contributed by atoms with E-state index in [1.165, 1.54) is 5.57 Å². The van der Waals surface area contributed by atoms with Gasteiger partial charge in [-0.15, -0.1) is 0 Å². The Morgan fingerprint density at radius 2 is 1.95 bits per heavy atom. The minimum absolute atomic E-state index is 0.0811. The topological polar surface area (TPSA) is 76.1 Å². The van der Waals surface area contributed by atoms with Gasteiger partial charge in [0, 0.05) is 28.8 Å². The van der Waals surface area contributed by atoms with E-state index in [9.17, 15) is 4.79 Å². The van der Waals surface area contributed by atoms with Crippen LogP contribution in [-0.4, -0.2) is 37.4 Å². The number of hydrogen-bond donors (Lipinski definition) is 0. The third-order valence-corrected chi connectivity index (χ3v) is 7.77. The predicted octanol–water partition coefficient (Wildman–Crippen LogP) is 8.33. The number of benzene rings is 2. The summed E-state index contributed by atoms with van der Waals surface area (Å²) in [5.41, 5.74) is 3.77. The Hall–Kier alpha value is -4.52. The minimum Gasteiger partial charge on any atom is -0.496 e. The molecule has 0 radical (unpaired) electrons. The van der Waals surface area contributed by atoms with Crippen molar-refractivity contribution in [2.24, 2.45) is 5.92 Å². The molecule has 0 saturated heterocycles. The molecule has 1 aliphatic carbocycles. The van der Waals surface area contributed by atoms with Crippen molar-refractivity contribution >= 4 is 22.9 Å². The first-order valence-electron chi connectivity index (χ1n) is 15.1. The van der Waals surface area contributed by atoms with E-state index in [2.05, 4.69) is 17.6 Å². The number of carbonyl (C=O) groups excluding carboxylic acids is 1. The van der Waals surface area contributed by atoms with Crippen LogP contribution in [-0.2, 0) is 9.53 Å². The molecular weight excluding hydrogens is 554 g/mol. The van der Waals surface area contributed by atoms with E-state index in [1.807, 2.05) is 75.4 Å². The molecule has 0 spiro atoms. The number of pyridine rings is 1. The quantitative estimate of drug-likeness (QED) is 0.112. The summed E-state index contributed by atoms with van der Waals surface area (Å²) in [5.74, 6) is 2.19. The maximum Gasteiger partial charge on any atom is 0.309 e. The monoisotopic (exact) mass is 595 g/mol. The van der Waals surface area contributed by atoms with Crippen LogP contribution in [0.5, 0.6) is 23.0 Å². The third-order valence-electron chi connectivity index (χ3n) is 7.77. The zero-order valence-electron chi connectivity index (χ0n) is 26.2. The second-order valence-corrected chi connectivity index (χ2v) is 11.6. The van der Waals surface area contributed by atoms with Gasteiger partial charge in [-0.3, -0.25) is 9.78 Å². The van der Waals surface area contributed by atoms with Crippen LogP contribution >= 0.6 is 0 Å². The van der Waals surface area contributed by atoms with Crippen LogP contribution in [0.2, 0.25) is 0 Å². The average Bonchev–Trinajstić information content (AvgIpc) is 3.86. The van der Waals surface area contributed by atoms with Crippen LogP contribution < -0.4 is 18.9 Å². The van der Waals surface area contributed by atoms with Gasteiger partial charge in [-0.05, 0) is 88.4 Å². The highest BCUT2D eigenvalue weighted by Gasteiger charge is 2.36. The number of rotatable bonds is 13. The van der Waals surface area contributed by atoms with Gasteiger partial charge in [-0.25, -0.2) is 0 Å². The molecule has 0 amide bonds. The van der Waals surface area contributed by atoms with Crippen LogP contribution in [0.15, 0.2) is 79.1 Å². The predicted molar refractivity (Wildman–Crippen MR) is 174 cm³/mol. The van der Waals surface area contributed by atoms with E-state index >= 15 is 0 Å². The first-order chi connectivity index (χ1) is 21.3. The number of aromatic nitrogens is 1. The molecule has 2 aliphatic rings. The summed E-state index contributed by atoms with van der Waals surface area (Å²) >= 11 is 0. The molecule has 230 valence electrons. The van der Waals surface area contributed by atoms with Gasteiger partial charge in [0.2, 0.25) is 0 Å². The van der Waals surface area contributed by atoms with E-state index < -0.39 is 11.7 Å². The Kier molecular flexibility index (Phi) is 9.43. The Morgan fingerprint density at radius 1 is 1.14 bits per heavy atom. The standard InChI is InChI=1S/C37H41NO6/c1-7-10-24(11-8-2)12-9-21-42-33-23-30-29(22-32(33)40-5)26(18-20-38-30)35(43-36(39)25-13-14-25)28-15-16-31-27(34(28)41-6)17-19-37(3,4)44-31/h7-8,10-11,15-20,22-23,25,35H,1,9,12-14,21H2,2-6H3/b11-8-,24-10+. The number of fused-ring (bicyclic) bond motifs is 2. The van der Waals surface area contributed by atoms with Crippen LogP contribution in [0.4, 0.5) is 0 Å². The van der Waals surface area contributed by atoms with Crippen molar-refractivity contribution in [3.63, 3.8) is 0 Å². The van der Waals surface area contributed by atoms with Gasteiger partial charge in [0.05, 0.1) is 37.8 Å². The second kappa shape index (κ2) is 13.4. The molecule has 2 heterocycles. The van der Waals surface area contributed by atoms with E-state index in [0.29, 0.717) is 35.1 Å². The number of allylic oxidation sites excluding steroid dienone is 5. The van der Waals surface area contributed by atoms with Crippen molar-refractivity contribution in [2.75, 3.05) is 20.8 Å². The molecule has 1 saturated carbocycles. The van der Waals surface area contributed by atoms with E-state index in [4.69, 9.17) is 23.7 Å². The molecule has 0 N–H and O–H groups in total. The Labute approximate surface area is 259 Å². The molecule has 7 heteroatoms. The van der Waals surface area contributed by atoms with Gasteiger partial charge in [0.25, 0.3) is 0 Å². The lowest BCUT2D eigenvalue weighted by Crippen LogP contribution is -2.27. The first kappa shape index (κ1) is 30.9. The molecule has 3 aromatic rings. The average molecular weight is 596 g/mol. The fraction of sp³-hybridized carbons (Fsp3) is 0.351.